The van der Waals surface area contributed by atoms with Gasteiger partial charge in [0.1, 0.15) is 0 Å². The minimum atomic E-state index is 0.166. The van der Waals surface area contributed by atoms with Crippen molar-refractivity contribution in [1.29, 1.82) is 0 Å². The normalized spacial score (nSPS) is 13.3. The highest BCUT2D eigenvalue weighted by Gasteiger charge is 2.30. The third-order valence-corrected chi connectivity index (χ3v) is 3.45. The standard InChI is InChI=1S/C13H14BrNO2.C2H6/c1-9-6-11(14)4-5-12(9)15(8-16)7-13(17)10-2-3-10;1-2/h4-6,8,10H,2-3,7H2,1H3;1-2H3. The molecule has 0 saturated heterocycles. The molecule has 1 amide bonds. The molecule has 1 aliphatic rings. The lowest BCUT2D eigenvalue weighted by atomic mass is 10.1. The lowest BCUT2D eigenvalue weighted by Crippen LogP contribution is -2.29. The lowest BCUT2D eigenvalue weighted by molar-refractivity contribution is -0.120. The van der Waals surface area contributed by atoms with E-state index in [2.05, 4.69) is 15.9 Å². The number of nitrogens with zero attached hydrogens (tertiary/aromatic N) is 1. The first kappa shape index (κ1) is 15.9. The monoisotopic (exact) mass is 325 g/mol. The number of amides is 1. The SMILES string of the molecule is CC.Cc1cc(Br)ccc1N(C=O)CC(=O)C1CC1. The number of ketones is 1. The fraction of sp³-hybridized carbons (Fsp3) is 0.467. The van der Waals surface area contributed by atoms with Gasteiger partial charge in [-0.3, -0.25) is 9.59 Å². The number of hydrogen-bond donors (Lipinski definition) is 0. The van der Waals surface area contributed by atoms with Crippen molar-refractivity contribution in [3.05, 3.63) is 28.2 Å². The van der Waals surface area contributed by atoms with E-state index in [-0.39, 0.29) is 18.2 Å². The van der Waals surface area contributed by atoms with Crippen LogP contribution in [0.5, 0.6) is 0 Å². The maximum Gasteiger partial charge on any atom is 0.214 e. The number of halogens is 1. The highest BCUT2D eigenvalue weighted by Crippen LogP contribution is 2.31. The fourth-order valence-electron chi connectivity index (χ4n) is 1.82. The van der Waals surface area contributed by atoms with Crippen LogP contribution in [0.3, 0.4) is 0 Å². The fourth-order valence-corrected chi connectivity index (χ4v) is 2.30. The van der Waals surface area contributed by atoms with E-state index in [0.29, 0.717) is 0 Å². The highest BCUT2D eigenvalue weighted by molar-refractivity contribution is 9.10. The van der Waals surface area contributed by atoms with Crippen LogP contribution >= 0.6 is 15.9 Å². The summed E-state index contributed by atoms with van der Waals surface area (Å²) >= 11 is 3.38. The van der Waals surface area contributed by atoms with Gasteiger partial charge in [0.05, 0.1) is 6.54 Å². The summed E-state index contributed by atoms with van der Waals surface area (Å²) in [7, 11) is 0. The Morgan fingerprint density at radius 1 is 1.42 bits per heavy atom. The molecule has 0 radical (unpaired) electrons. The summed E-state index contributed by atoms with van der Waals surface area (Å²) in [5.74, 6) is 0.354. The third kappa shape index (κ3) is 4.46. The van der Waals surface area contributed by atoms with Gasteiger partial charge in [-0.15, -0.1) is 0 Å². The summed E-state index contributed by atoms with van der Waals surface area (Å²) in [4.78, 5) is 24.3. The van der Waals surface area contributed by atoms with Crippen molar-refractivity contribution in [2.75, 3.05) is 11.4 Å². The molecule has 1 aromatic carbocycles. The van der Waals surface area contributed by atoms with Crippen molar-refractivity contribution in [2.45, 2.75) is 33.6 Å². The average molecular weight is 326 g/mol. The Bertz CT molecular complexity index is 455. The molecule has 0 bridgehead atoms. The highest BCUT2D eigenvalue weighted by atomic mass is 79.9. The van der Waals surface area contributed by atoms with Crippen LogP contribution in [0.1, 0.15) is 32.3 Å². The smallest absolute Gasteiger partial charge is 0.214 e. The van der Waals surface area contributed by atoms with Crippen LogP contribution in [0.15, 0.2) is 22.7 Å². The van der Waals surface area contributed by atoms with Gasteiger partial charge >= 0.3 is 0 Å². The van der Waals surface area contributed by atoms with Crippen LogP contribution in [0.4, 0.5) is 5.69 Å². The second-order valence-corrected chi connectivity index (χ2v) is 5.32. The molecule has 2 rings (SSSR count). The number of carbonyl (C=O) groups is 2. The summed E-state index contributed by atoms with van der Waals surface area (Å²) < 4.78 is 0.970. The van der Waals surface area contributed by atoms with E-state index < -0.39 is 0 Å². The number of hydrogen-bond acceptors (Lipinski definition) is 2. The van der Waals surface area contributed by atoms with Crippen LogP contribution < -0.4 is 4.90 Å². The zero-order valence-electron chi connectivity index (χ0n) is 11.6. The van der Waals surface area contributed by atoms with Gasteiger partial charge in [-0.2, -0.15) is 0 Å². The Labute approximate surface area is 123 Å². The molecule has 1 aliphatic carbocycles. The van der Waals surface area contributed by atoms with Gasteiger partial charge in [-0.25, -0.2) is 0 Å². The molecule has 0 aromatic heterocycles. The topological polar surface area (TPSA) is 37.4 Å². The number of aryl methyl sites for hydroxylation is 1. The molecule has 1 fully saturated rings. The first-order valence-electron chi connectivity index (χ1n) is 6.62. The van der Waals surface area contributed by atoms with Gasteiger partial charge < -0.3 is 4.90 Å². The van der Waals surface area contributed by atoms with Gasteiger partial charge in [0, 0.05) is 16.1 Å². The molecule has 104 valence electrons. The number of benzene rings is 1. The van der Waals surface area contributed by atoms with E-state index in [1.165, 1.54) is 4.90 Å². The molecule has 0 aliphatic heterocycles. The largest absolute Gasteiger partial charge is 0.307 e. The zero-order chi connectivity index (χ0) is 14.4. The zero-order valence-corrected chi connectivity index (χ0v) is 13.2. The number of carbonyl (C=O) groups excluding carboxylic acids is 2. The third-order valence-electron chi connectivity index (χ3n) is 2.95. The number of rotatable bonds is 5. The van der Waals surface area contributed by atoms with E-state index in [1.807, 2.05) is 39.0 Å². The Morgan fingerprint density at radius 3 is 2.53 bits per heavy atom. The summed E-state index contributed by atoms with van der Waals surface area (Å²) in [5.41, 5.74) is 1.78. The van der Waals surface area contributed by atoms with E-state index in [1.54, 1.807) is 0 Å². The van der Waals surface area contributed by atoms with Gasteiger partial charge in [-0.1, -0.05) is 29.8 Å². The van der Waals surface area contributed by atoms with Crippen LogP contribution in [0.25, 0.3) is 0 Å². The van der Waals surface area contributed by atoms with E-state index >= 15 is 0 Å². The molecule has 0 N–H and O–H groups in total. The molecule has 0 unspecified atom stereocenters. The first-order valence-corrected chi connectivity index (χ1v) is 7.42. The number of anilines is 1. The Balaban J connectivity index is 0.000000861. The van der Waals surface area contributed by atoms with E-state index in [4.69, 9.17) is 0 Å². The van der Waals surface area contributed by atoms with Crippen LogP contribution in [0.2, 0.25) is 0 Å². The minimum absolute atomic E-state index is 0.166. The quantitative estimate of drug-likeness (QED) is 0.773. The molecule has 0 atom stereocenters. The summed E-state index contributed by atoms with van der Waals surface area (Å²) in [6, 6.07) is 5.67. The number of Topliss-reactive ketones (excluding diaryl/α,β-unsaturated/α-hetero) is 1. The predicted molar refractivity (Wildman–Crippen MR) is 81.4 cm³/mol. The minimum Gasteiger partial charge on any atom is -0.307 e. The molecule has 3 nitrogen and oxygen atoms in total. The van der Waals surface area contributed by atoms with Crippen molar-refractivity contribution in [1.82, 2.24) is 0 Å². The summed E-state index contributed by atoms with van der Waals surface area (Å²) in [6.45, 7) is 6.12. The van der Waals surface area contributed by atoms with Gasteiger partial charge in [0.25, 0.3) is 0 Å². The average Bonchev–Trinajstić information content (AvgIpc) is 3.23. The van der Waals surface area contributed by atoms with Crippen molar-refractivity contribution in [3.63, 3.8) is 0 Å². The van der Waals surface area contributed by atoms with E-state index in [9.17, 15) is 9.59 Å². The van der Waals surface area contributed by atoms with Crippen LogP contribution in [-0.4, -0.2) is 18.7 Å². The molecule has 0 heterocycles. The predicted octanol–water partition coefficient (Wildman–Crippen LogP) is 3.73. The summed E-state index contributed by atoms with van der Waals surface area (Å²) in [5, 5.41) is 0. The molecule has 0 spiro atoms. The summed E-state index contributed by atoms with van der Waals surface area (Å²) in [6.07, 6.45) is 2.69. The Morgan fingerprint density at radius 2 is 2.05 bits per heavy atom. The van der Waals surface area contributed by atoms with Gasteiger partial charge in [0.15, 0.2) is 5.78 Å². The van der Waals surface area contributed by atoms with Crippen LogP contribution in [-0.2, 0) is 9.59 Å². The molecule has 1 aromatic rings. The maximum absolute atomic E-state index is 11.7. The second-order valence-electron chi connectivity index (χ2n) is 4.40. The second kappa shape index (κ2) is 7.43. The van der Waals surface area contributed by atoms with Crippen molar-refractivity contribution < 1.29 is 9.59 Å². The lowest BCUT2D eigenvalue weighted by Gasteiger charge is -2.19. The molecule has 19 heavy (non-hydrogen) atoms. The van der Waals surface area contributed by atoms with Gasteiger partial charge in [0.2, 0.25) is 6.41 Å². The van der Waals surface area contributed by atoms with E-state index in [0.717, 1.165) is 35.0 Å². The molecule has 1 saturated carbocycles. The van der Waals surface area contributed by atoms with Gasteiger partial charge in [-0.05, 0) is 43.5 Å². The Hall–Kier alpha value is -1.16. The molecular weight excluding hydrogens is 306 g/mol. The van der Waals surface area contributed by atoms with Crippen LogP contribution in [0, 0.1) is 12.8 Å². The van der Waals surface area contributed by atoms with Crippen molar-refractivity contribution in [2.24, 2.45) is 5.92 Å². The first-order chi connectivity index (χ1) is 9.11. The maximum atomic E-state index is 11.7. The Kier molecular flexibility index (Phi) is 6.22. The molecular formula is C15H20BrNO2. The van der Waals surface area contributed by atoms with Crippen molar-refractivity contribution >= 4 is 33.8 Å². The van der Waals surface area contributed by atoms with Crippen molar-refractivity contribution in [3.8, 4) is 0 Å². The molecule has 4 heteroatoms.